The molecule has 4 nitrogen and oxygen atoms in total. The van der Waals surface area contributed by atoms with E-state index in [0.717, 1.165) is 25.0 Å². The van der Waals surface area contributed by atoms with Crippen molar-refractivity contribution in [3.05, 3.63) is 29.8 Å². The molecule has 3 rings (SSSR count). The van der Waals surface area contributed by atoms with E-state index in [2.05, 4.69) is 10.6 Å². The lowest BCUT2D eigenvalue weighted by Gasteiger charge is -2.24. The summed E-state index contributed by atoms with van der Waals surface area (Å²) in [7, 11) is 0. The van der Waals surface area contributed by atoms with Gasteiger partial charge in [0.1, 0.15) is 12.4 Å². The first-order valence-corrected chi connectivity index (χ1v) is 8.67. The Morgan fingerprint density at radius 1 is 1.36 bits per heavy atom. The lowest BCUT2D eigenvalue weighted by Crippen LogP contribution is -2.47. The molecule has 1 aliphatic heterocycles. The predicted octanol–water partition coefficient (Wildman–Crippen LogP) is 3.19. The second kappa shape index (κ2) is 8.81. The highest BCUT2D eigenvalue weighted by molar-refractivity contribution is 5.85. The van der Waals surface area contributed by atoms with Crippen LogP contribution in [0.3, 0.4) is 0 Å². The van der Waals surface area contributed by atoms with Crippen molar-refractivity contribution in [3.63, 3.8) is 0 Å². The number of hydrogen-bond donors (Lipinski definition) is 2. The van der Waals surface area contributed by atoms with Gasteiger partial charge in [-0.3, -0.25) is 4.79 Å². The summed E-state index contributed by atoms with van der Waals surface area (Å²) in [6.45, 7) is 1.94. The van der Waals surface area contributed by atoms with Crippen LogP contribution in [0.1, 0.15) is 39.0 Å². The zero-order valence-electron chi connectivity index (χ0n) is 14.3. The topological polar surface area (TPSA) is 50.4 Å². The molecule has 1 saturated heterocycles. The quantitative estimate of drug-likeness (QED) is 0.832. The summed E-state index contributed by atoms with van der Waals surface area (Å²) in [6.07, 6.45) is 5.72. The first kappa shape index (κ1) is 19.9. The standard InChI is InChI=1S/C18H24F2N2O2.ClH/c1-11(10-24-17-7-6-13(19)9-14(17)20)21-18(23)16-8-12-4-2-3-5-15(12)22-16;/h6-7,9,11-12,15-16,22H,2-5,8,10H2,1H3,(H,21,23);1H. The summed E-state index contributed by atoms with van der Waals surface area (Å²) in [4.78, 5) is 12.4. The maximum Gasteiger partial charge on any atom is 0.237 e. The maximum absolute atomic E-state index is 13.5. The van der Waals surface area contributed by atoms with Crippen LogP contribution in [0.4, 0.5) is 8.78 Å². The SMILES string of the molecule is CC(COc1ccc(F)cc1F)NC(=O)C1CC2CCCCC2N1.Cl. The fourth-order valence-corrected chi connectivity index (χ4v) is 3.71. The summed E-state index contributed by atoms with van der Waals surface area (Å²) in [5, 5.41) is 6.34. The van der Waals surface area contributed by atoms with Gasteiger partial charge in [0.2, 0.25) is 5.91 Å². The number of hydrogen-bond acceptors (Lipinski definition) is 3. The molecule has 2 aliphatic rings. The molecule has 1 saturated carbocycles. The number of rotatable bonds is 5. The highest BCUT2D eigenvalue weighted by Crippen LogP contribution is 2.33. The Balaban J connectivity index is 0.00000225. The Morgan fingerprint density at radius 2 is 2.12 bits per heavy atom. The Kier molecular flexibility index (Phi) is 7.02. The van der Waals surface area contributed by atoms with Gasteiger partial charge < -0.3 is 15.4 Å². The van der Waals surface area contributed by atoms with Crippen LogP contribution in [-0.2, 0) is 4.79 Å². The van der Waals surface area contributed by atoms with Crippen LogP contribution in [0.2, 0.25) is 0 Å². The van der Waals surface area contributed by atoms with Crippen LogP contribution in [0.15, 0.2) is 18.2 Å². The molecule has 1 aromatic rings. The minimum absolute atomic E-state index is 0. The first-order valence-electron chi connectivity index (χ1n) is 8.67. The van der Waals surface area contributed by atoms with Gasteiger partial charge in [0.05, 0.1) is 12.1 Å². The Morgan fingerprint density at radius 3 is 2.84 bits per heavy atom. The average molecular weight is 375 g/mol. The summed E-state index contributed by atoms with van der Waals surface area (Å²) >= 11 is 0. The number of nitrogens with one attached hydrogen (secondary N) is 2. The number of carbonyl (C=O) groups excluding carboxylic acids is 1. The molecule has 2 N–H and O–H groups in total. The zero-order chi connectivity index (χ0) is 17.1. The summed E-state index contributed by atoms with van der Waals surface area (Å²) in [6, 6.07) is 3.24. The highest BCUT2D eigenvalue weighted by Gasteiger charge is 2.38. The third kappa shape index (κ3) is 5.05. The van der Waals surface area contributed by atoms with Gasteiger partial charge in [0, 0.05) is 12.1 Å². The molecule has 140 valence electrons. The van der Waals surface area contributed by atoms with Gasteiger partial charge in [-0.1, -0.05) is 12.8 Å². The Hall–Kier alpha value is -1.40. The minimum atomic E-state index is -0.741. The van der Waals surface area contributed by atoms with E-state index in [9.17, 15) is 13.6 Å². The second-order valence-corrected chi connectivity index (χ2v) is 6.90. The van der Waals surface area contributed by atoms with E-state index in [4.69, 9.17) is 4.74 Å². The molecule has 4 atom stereocenters. The van der Waals surface area contributed by atoms with E-state index < -0.39 is 11.6 Å². The molecule has 1 amide bonds. The predicted molar refractivity (Wildman–Crippen MR) is 94.0 cm³/mol. The van der Waals surface area contributed by atoms with Crippen LogP contribution < -0.4 is 15.4 Å². The van der Waals surface area contributed by atoms with Crippen molar-refractivity contribution >= 4 is 18.3 Å². The molecule has 1 aromatic carbocycles. The van der Waals surface area contributed by atoms with Crippen molar-refractivity contribution < 1.29 is 18.3 Å². The van der Waals surface area contributed by atoms with E-state index in [1.54, 1.807) is 6.92 Å². The molecule has 0 spiro atoms. The monoisotopic (exact) mass is 374 g/mol. The van der Waals surface area contributed by atoms with Crippen LogP contribution in [-0.4, -0.2) is 30.6 Å². The number of halogens is 3. The Bertz CT molecular complexity index is 588. The second-order valence-electron chi connectivity index (χ2n) is 6.90. The van der Waals surface area contributed by atoms with Crippen LogP contribution in [0.5, 0.6) is 5.75 Å². The number of fused-ring (bicyclic) bond motifs is 1. The summed E-state index contributed by atoms with van der Waals surface area (Å²) in [5.74, 6) is -0.818. The molecule has 0 radical (unpaired) electrons. The molecular formula is C18H25ClF2N2O2. The van der Waals surface area contributed by atoms with Gasteiger partial charge in [-0.2, -0.15) is 0 Å². The van der Waals surface area contributed by atoms with Crippen molar-refractivity contribution in [1.29, 1.82) is 0 Å². The van der Waals surface area contributed by atoms with Crippen LogP contribution in [0.25, 0.3) is 0 Å². The third-order valence-corrected chi connectivity index (χ3v) is 4.95. The molecule has 0 bridgehead atoms. The number of carbonyl (C=O) groups is 1. The minimum Gasteiger partial charge on any atom is -0.488 e. The van der Waals surface area contributed by atoms with Crippen LogP contribution in [0, 0.1) is 17.6 Å². The van der Waals surface area contributed by atoms with E-state index in [-0.39, 0.29) is 42.8 Å². The van der Waals surface area contributed by atoms with Crippen molar-refractivity contribution in [2.45, 2.75) is 57.2 Å². The van der Waals surface area contributed by atoms with Gasteiger partial charge >= 0.3 is 0 Å². The van der Waals surface area contributed by atoms with Gasteiger partial charge in [-0.25, -0.2) is 8.78 Å². The van der Waals surface area contributed by atoms with Gasteiger partial charge in [0.15, 0.2) is 11.6 Å². The highest BCUT2D eigenvalue weighted by atomic mass is 35.5. The molecule has 25 heavy (non-hydrogen) atoms. The van der Waals surface area contributed by atoms with Crippen molar-refractivity contribution in [3.8, 4) is 5.75 Å². The van der Waals surface area contributed by atoms with Gasteiger partial charge in [-0.15, -0.1) is 12.4 Å². The molecular weight excluding hydrogens is 350 g/mol. The third-order valence-electron chi connectivity index (χ3n) is 4.95. The summed E-state index contributed by atoms with van der Waals surface area (Å²) < 4.78 is 31.7. The van der Waals surface area contributed by atoms with Gasteiger partial charge in [0.25, 0.3) is 0 Å². The molecule has 0 aromatic heterocycles. The van der Waals surface area contributed by atoms with Crippen molar-refractivity contribution in [2.75, 3.05) is 6.61 Å². The normalized spacial score (nSPS) is 26.3. The fourth-order valence-electron chi connectivity index (χ4n) is 3.71. The van der Waals surface area contributed by atoms with E-state index >= 15 is 0 Å². The van der Waals surface area contributed by atoms with Crippen molar-refractivity contribution in [1.82, 2.24) is 10.6 Å². The molecule has 2 fully saturated rings. The molecule has 1 aliphatic carbocycles. The average Bonchev–Trinajstić information content (AvgIpc) is 2.98. The lowest BCUT2D eigenvalue weighted by atomic mass is 9.85. The maximum atomic E-state index is 13.5. The van der Waals surface area contributed by atoms with E-state index in [1.807, 2.05) is 0 Å². The number of ether oxygens (including phenoxy) is 1. The summed E-state index contributed by atoms with van der Waals surface area (Å²) in [5.41, 5.74) is 0. The molecule has 7 heteroatoms. The smallest absolute Gasteiger partial charge is 0.237 e. The molecule has 4 unspecified atom stereocenters. The fraction of sp³-hybridized carbons (Fsp3) is 0.611. The van der Waals surface area contributed by atoms with Gasteiger partial charge in [-0.05, 0) is 44.2 Å². The first-order chi connectivity index (χ1) is 11.5. The number of amides is 1. The van der Waals surface area contributed by atoms with E-state index in [0.29, 0.717) is 12.0 Å². The largest absolute Gasteiger partial charge is 0.488 e. The number of benzene rings is 1. The zero-order valence-corrected chi connectivity index (χ0v) is 15.1. The van der Waals surface area contributed by atoms with Crippen LogP contribution >= 0.6 is 12.4 Å². The lowest BCUT2D eigenvalue weighted by molar-refractivity contribution is -0.123. The van der Waals surface area contributed by atoms with Crippen molar-refractivity contribution in [2.24, 2.45) is 5.92 Å². The Labute approximate surface area is 153 Å². The molecule has 1 heterocycles. The van der Waals surface area contributed by atoms with E-state index in [1.165, 1.54) is 25.3 Å².